The van der Waals surface area contributed by atoms with Crippen LogP contribution in [0.25, 0.3) is 0 Å². The number of aromatic amines is 1. The number of carbonyl (C=O) groups excluding carboxylic acids is 1. The summed E-state index contributed by atoms with van der Waals surface area (Å²) in [6.45, 7) is 4.60. The highest BCUT2D eigenvalue weighted by Crippen LogP contribution is 2.25. The average Bonchev–Trinajstić information content (AvgIpc) is 2.97. The van der Waals surface area contributed by atoms with Crippen molar-refractivity contribution in [2.75, 3.05) is 6.54 Å². The molecular weight excluding hydrogens is 324 g/mol. The molecule has 2 aromatic rings. The number of rotatable bonds is 6. The van der Waals surface area contributed by atoms with Crippen LogP contribution in [0.4, 0.5) is 5.69 Å². The standard InChI is InChI=1S/C13H15ClN6O3/c1-8(2)6-19(7-12-15-17-18-16-12)13(21)9-3-4-11(20(22)23)10(14)5-9/h3-5,8H,6-7H2,1-2H3,(H,15,16,17,18). The van der Waals surface area contributed by atoms with E-state index >= 15 is 0 Å². The van der Waals surface area contributed by atoms with Crippen LogP contribution >= 0.6 is 11.6 Å². The fourth-order valence-corrected chi connectivity index (χ4v) is 2.30. The Morgan fingerprint density at radius 1 is 1.48 bits per heavy atom. The van der Waals surface area contributed by atoms with Gasteiger partial charge in [0.1, 0.15) is 5.02 Å². The summed E-state index contributed by atoms with van der Waals surface area (Å²) >= 11 is 5.87. The number of nitrogens with one attached hydrogen (secondary N) is 1. The number of benzene rings is 1. The number of carbonyl (C=O) groups is 1. The normalized spacial score (nSPS) is 10.8. The molecule has 1 aromatic carbocycles. The Hall–Kier alpha value is -2.55. The molecule has 23 heavy (non-hydrogen) atoms. The summed E-state index contributed by atoms with van der Waals surface area (Å²) < 4.78 is 0. The number of nitro groups is 1. The molecule has 0 bridgehead atoms. The second-order valence-electron chi connectivity index (χ2n) is 5.33. The number of H-pyrrole nitrogens is 1. The second kappa shape index (κ2) is 7.14. The molecule has 0 spiro atoms. The number of nitrogens with zero attached hydrogens (tertiary/aromatic N) is 5. The first-order chi connectivity index (χ1) is 10.9. The van der Waals surface area contributed by atoms with Crippen molar-refractivity contribution in [3.8, 4) is 0 Å². The number of nitro benzene ring substituents is 1. The van der Waals surface area contributed by atoms with Gasteiger partial charge in [-0.3, -0.25) is 14.9 Å². The summed E-state index contributed by atoms with van der Waals surface area (Å²) in [4.78, 5) is 24.4. The summed E-state index contributed by atoms with van der Waals surface area (Å²) in [5.41, 5.74) is 0.0292. The molecule has 0 aliphatic heterocycles. The van der Waals surface area contributed by atoms with E-state index in [-0.39, 0.29) is 34.6 Å². The average molecular weight is 339 g/mol. The zero-order valence-electron chi connectivity index (χ0n) is 12.6. The predicted octanol–water partition coefficient (Wildman–Crippen LogP) is 2.06. The lowest BCUT2D eigenvalue weighted by molar-refractivity contribution is -0.384. The SMILES string of the molecule is CC(C)CN(Cc1nn[nH]n1)C(=O)c1ccc([N+](=O)[O-])c(Cl)c1. The van der Waals surface area contributed by atoms with Crippen molar-refractivity contribution in [1.29, 1.82) is 0 Å². The molecule has 0 saturated heterocycles. The highest BCUT2D eigenvalue weighted by atomic mass is 35.5. The second-order valence-corrected chi connectivity index (χ2v) is 5.74. The molecule has 0 fully saturated rings. The van der Waals surface area contributed by atoms with Crippen molar-refractivity contribution < 1.29 is 9.72 Å². The maximum atomic E-state index is 12.7. The van der Waals surface area contributed by atoms with Gasteiger partial charge < -0.3 is 4.90 Å². The number of amides is 1. The van der Waals surface area contributed by atoms with E-state index < -0.39 is 4.92 Å². The van der Waals surface area contributed by atoms with Crippen LogP contribution in [0.15, 0.2) is 18.2 Å². The van der Waals surface area contributed by atoms with Crippen molar-refractivity contribution in [3.63, 3.8) is 0 Å². The lowest BCUT2D eigenvalue weighted by Crippen LogP contribution is -2.34. The zero-order valence-corrected chi connectivity index (χ0v) is 13.3. The molecule has 0 unspecified atom stereocenters. The van der Waals surface area contributed by atoms with Gasteiger partial charge in [0, 0.05) is 18.2 Å². The number of aromatic nitrogens is 4. The van der Waals surface area contributed by atoms with Crippen molar-refractivity contribution in [1.82, 2.24) is 25.5 Å². The molecule has 0 atom stereocenters. The van der Waals surface area contributed by atoms with E-state index in [1.54, 1.807) is 4.90 Å². The summed E-state index contributed by atoms with van der Waals surface area (Å²) in [6.07, 6.45) is 0. The van der Waals surface area contributed by atoms with Crippen LogP contribution in [-0.4, -0.2) is 42.9 Å². The predicted molar refractivity (Wildman–Crippen MR) is 81.9 cm³/mol. The molecule has 0 saturated carbocycles. The van der Waals surface area contributed by atoms with Gasteiger partial charge in [-0.1, -0.05) is 30.7 Å². The van der Waals surface area contributed by atoms with Gasteiger partial charge in [-0.15, -0.1) is 10.2 Å². The molecule has 0 aliphatic carbocycles. The third-order valence-corrected chi connectivity index (χ3v) is 3.29. The van der Waals surface area contributed by atoms with Crippen molar-refractivity contribution in [3.05, 3.63) is 44.7 Å². The first-order valence-electron chi connectivity index (χ1n) is 6.84. The Morgan fingerprint density at radius 2 is 2.22 bits per heavy atom. The zero-order chi connectivity index (χ0) is 17.0. The minimum absolute atomic E-state index is 0.0788. The number of hydrogen-bond acceptors (Lipinski definition) is 6. The van der Waals surface area contributed by atoms with Gasteiger partial charge in [0.2, 0.25) is 0 Å². The van der Waals surface area contributed by atoms with E-state index in [1.165, 1.54) is 18.2 Å². The fraction of sp³-hybridized carbons (Fsp3) is 0.385. The van der Waals surface area contributed by atoms with Gasteiger partial charge in [0.25, 0.3) is 11.6 Å². The van der Waals surface area contributed by atoms with Gasteiger partial charge >= 0.3 is 0 Å². The molecule has 0 radical (unpaired) electrons. The molecule has 1 amide bonds. The largest absolute Gasteiger partial charge is 0.331 e. The summed E-state index contributed by atoms with van der Waals surface area (Å²) in [6, 6.07) is 3.90. The third kappa shape index (κ3) is 4.22. The van der Waals surface area contributed by atoms with Crippen LogP contribution < -0.4 is 0 Å². The van der Waals surface area contributed by atoms with Gasteiger partial charge in [-0.2, -0.15) is 5.21 Å². The van der Waals surface area contributed by atoms with Crippen LogP contribution in [0.1, 0.15) is 30.0 Å². The Balaban J connectivity index is 2.25. The van der Waals surface area contributed by atoms with E-state index in [9.17, 15) is 14.9 Å². The monoisotopic (exact) mass is 338 g/mol. The van der Waals surface area contributed by atoms with Crippen LogP contribution in [0.3, 0.4) is 0 Å². The number of tetrazole rings is 1. The Labute approximate surface area is 136 Å². The maximum absolute atomic E-state index is 12.7. The van der Waals surface area contributed by atoms with Crippen molar-refractivity contribution in [2.45, 2.75) is 20.4 Å². The van der Waals surface area contributed by atoms with Crippen LogP contribution in [-0.2, 0) is 6.54 Å². The Kier molecular flexibility index (Phi) is 5.22. The van der Waals surface area contributed by atoms with Crippen molar-refractivity contribution in [2.24, 2.45) is 5.92 Å². The maximum Gasteiger partial charge on any atom is 0.287 e. The van der Waals surface area contributed by atoms with E-state index in [1.807, 2.05) is 13.8 Å². The lowest BCUT2D eigenvalue weighted by atomic mass is 10.1. The minimum Gasteiger partial charge on any atom is -0.331 e. The first-order valence-corrected chi connectivity index (χ1v) is 7.21. The Bertz CT molecular complexity index is 704. The van der Waals surface area contributed by atoms with Gasteiger partial charge in [-0.05, 0) is 18.1 Å². The molecule has 1 N–H and O–H groups in total. The van der Waals surface area contributed by atoms with Crippen LogP contribution in [0.5, 0.6) is 0 Å². The molecule has 2 rings (SSSR count). The molecule has 0 aliphatic rings. The summed E-state index contributed by atoms with van der Waals surface area (Å²) in [7, 11) is 0. The topological polar surface area (TPSA) is 118 Å². The molecule has 1 heterocycles. The van der Waals surface area contributed by atoms with E-state index in [4.69, 9.17) is 11.6 Å². The minimum atomic E-state index is -0.595. The number of halogens is 1. The van der Waals surface area contributed by atoms with Crippen LogP contribution in [0, 0.1) is 16.0 Å². The molecule has 122 valence electrons. The smallest absolute Gasteiger partial charge is 0.287 e. The Morgan fingerprint density at radius 3 is 2.74 bits per heavy atom. The molecule has 10 heteroatoms. The summed E-state index contributed by atoms with van der Waals surface area (Å²) in [5.74, 6) is 0.298. The molecule has 9 nitrogen and oxygen atoms in total. The first kappa shape index (κ1) is 16.8. The quantitative estimate of drug-likeness (QED) is 0.636. The lowest BCUT2D eigenvalue weighted by Gasteiger charge is -2.23. The van der Waals surface area contributed by atoms with Gasteiger partial charge in [-0.25, -0.2) is 0 Å². The number of hydrogen-bond donors (Lipinski definition) is 1. The third-order valence-electron chi connectivity index (χ3n) is 2.99. The van der Waals surface area contributed by atoms with Crippen molar-refractivity contribution >= 4 is 23.2 Å². The van der Waals surface area contributed by atoms with E-state index in [0.717, 1.165) is 0 Å². The highest BCUT2D eigenvalue weighted by Gasteiger charge is 2.21. The fourth-order valence-electron chi connectivity index (χ4n) is 2.05. The van der Waals surface area contributed by atoms with Gasteiger partial charge in [0.05, 0.1) is 11.5 Å². The molecular formula is C13H15ClN6O3. The van der Waals surface area contributed by atoms with Gasteiger partial charge in [0.15, 0.2) is 5.82 Å². The molecule has 1 aromatic heterocycles. The summed E-state index contributed by atoms with van der Waals surface area (Å²) in [5, 5.41) is 24.2. The highest BCUT2D eigenvalue weighted by molar-refractivity contribution is 6.33. The van der Waals surface area contributed by atoms with E-state index in [2.05, 4.69) is 20.6 Å². The van der Waals surface area contributed by atoms with E-state index in [0.29, 0.717) is 12.4 Å². The van der Waals surface area contributed by atoms with Crippen LogP contribution in [0.2, 0.25) is 5.02 Å².